The molecule has 296 valence electrons. The largest absolute Gasteiger partial charge is 0.469 e. The Morgan fingerprint density at radius 3 is 2.31 bits per heavy atom. The van der Waals surface area contributed by atoms with Gasteiger partial charge < -0.3 is 19.9 Å². The summed E-state index contributed by atoms with van der Waals surface area (Å²) in [6.45, 7) is 4.27. The van der Waals surface area contributed by atoms with Crippen molar-refractivity contribution >= 4 is 27.4 Å². The summed E-state index contributed by atoms with van der Waals surface area (Å²) in [7, 11) is -1.25. The second-order valence-electron chi connectivity index (χ2n) is 15.9. The molecule has 0 radical (unpaired) electrons. The van der Waals surface area contributed by atoms with Gasteiger partial charge in [0.05, 0.1) is 35.7 Å². The number of ether oxygens (including phenoxy) is 1. The normalized spacial score (nSPS) is 23.0. The quantitative estimate of drug-likeness (QED) is 0.228. The Balaban J connectivity index is 1.03. The number of rotatable bonds is 13. The van der Waals surface area contributed by atoms with Crippen LogP contribution in [0.4, 0.5) is 18.9 Å². The molecule has 3 aromatic rings. The van der Waals surface area contributed by atoms with Crippen LogP contribution in [0.5, 0.6) is 0 Å². The molecule has 3 atom stereocenters. The second-order valence-corrected chi connectivity index (χ2v) is 17.8. The van der Waals surface area contributed by atoms with E-state index in [2.05, 4.69) is 26.2 Å². The Bertz CT molecular complexity index is 1980. The van der Waals surface area contributed by atoms with E-state index >= 15 is 13.2 Å². The molecule has 1 amide bonds. The summed E-state index contributed by atoms with van der Waals surface area (Å²) in [4.78, 5) is 34.0. The van der Waals surface area contributed by atoms with Gasteiger partial charge in [0, 0.05) is 38.2 Å². The fourth-order valence-corrected chi connectivity index (χ4v) is 11.0. The van der Waals surface area contributed by atoms with Gasteiger partial charge in [0.15, 0.2) is 5.67 Å². The lowest BCUT2D eigenvalue weighted by atomic mass is 9.56. The topological polar surface area (TPSA) is 112 Å². The molecule has 1 saturated carbocycles. The number of methoxy groups -OCH3 is 1. The Kier molecular flexibility index (Phi) is 11.3. The molecule has 0 unspecified atom stereocenters. The van der Waals surface area contributed by atoms with Crippen LogP contribution < -0.4 is 10.2 Å². The lowest BCUT2D eigenvalue weighted by Gasteiger charge is -2.54. The summed E-state index contributed by atoms with van der Waals surface area (Å²) in [5, 5.41) is 2.42. The van der Waals surface area contributed by atoms with Crippen molar-refractivity contribution in [2.24, 2.45) is 17.8 Å². The highest BCUT2D eigenvalue weighted by Crippen LogP contribution is 2.54. The molecule has 0 bridgehead atoms. The summed E-state index contributed by atoms with van der Waals surface area (Å²) in [5.74, 6) is -1.19. The average molecular weight is 782 g/mol. The van der Waals surface area contributed by atoms with E-state index in [0.29, 0.717) is 19.5 Å². The van der Waals surface area contributed by atoms with Crippen LogP contribution in [0.1, 0.15) is 61.0 Å². The Labute approximate surface area is 321 Å². The zero-order valence-electron chi connectivity index (χ0n) is 31.5. The van der Waals surface area contributed by atoms with Gasteiger partial charge in [-0.3, -0.25) is 14.5 Å². The van der Waals surface area contributed by atoms with Crippen molar-refractivity contribution in [3.63, 3.8) is 0 Å². The summed E-state index contributed by atoms with van der Waals surface area (Å²) < 4.78 is 78.2. The van der Waals surface area contributed by atoms with Crippen LogP contribution >= 0.6 is 0 Å². The molecule has 10 nitrogen and oxygen atoms in total. The minimum atomic E-state index is -4.11. The first kappa shape index (κ1) is 39.2. The molecule has 1 N–H and O–H groups in total. The van der Waals surface area contributed by atoms with Crippen LogP contribution in [-0.4, -0.2) is 107 Å². The number of piperidine rings is 1. The van der Waals surface area contributed by atoms with Crippen molar-refractivity contribution in [1.82, 2.24) is 20.1 Å². The van der Waals surface area contributed by atoms with Gasteiger partial charge in [-0.05, 0) is 124 Å². The summed E-state index contributed by atoms with van der Waals surface area (Å²) in [6.07, 6.45) is 7.05. The third-order valence-electron chi connectivity index (χ3n) is 12.6. The van der Waals surface area contributed by atoms with E-state index in [0.717, 1.165) is 76.0 Å². The Hall–Kier alpha value is -4.01. The molecule has 14 heteroatoms. The van der Waals surface area contributed by atoms with E-state index in [1.165, 1.54) is 44.5 Å². The number of benzene rings is 2. The molecule has 3 saturated heterocycles. The molecule has 4 heterocycles. The molecule has 4 fully saturated rings. The number of carbonyl (C=O) groups excluding carboxylic acids is 2. The summed E-state index contributed by atoms with van der Waals surface area (Å²) in [5.41, 5.74) is -0.770. The molecular formula is C41H50F3N5O5S. The standard InChI is InChI=1S/C41H50F3N5O5S/c1-45-39(51)36-12-10-33(23-46-36)55(52,53)32-11-13-37(35(43)22-32)49-25-40(44,26-49)24-48-18-14-29(15-19-48)41(27-47-16-5-17-47,30-7-4-8-31(42)21-30)34-9-3-6-28(34)20-38(50)54-2/h4,7-8,10-13,21-23,28-29,34H,3,5-6,9,14-20,24-27H2,1-2H3,(H,45,51)/t28-,34+,41+/m1/s1. The minimum Gasteiger partial charge on any atom is -0.469 e. The number of hydrogen-bond acceptors (Lipinski definition) is 9. The molecular weight excluding hydrogens is 732 g/mol. The van der Waals surface area contributed by atoms with E-state index < -0.39 is 27.2 Å². The van der Waals surface area contributed by atoms with Crippen molar-refractivity contribution in [2.75, 3.05) is 71.4 Å². The summed E-state index contributed by atoms with van der Waals surface area (Å²) >= 11 is 0. The lowest BCUT2D eigenvalue weighted by molar-refractivity contribution is -0.142. The number of sulfone groups is 1. The van der Waals surface area contributed by atoms with Crippen LogP contribution in [0, 0.1) is 29.4 Å². The number of anilines is 1. The van der Waals surface area contributed by atoms with E-state index in [-0.39, 0.29) is 75.8 Å². The Morgan fingerprint density at radius 1 is 0.945 bits per heavy atom. The maximum atomic E-state index is 16.3. The zero-order valence-corrected chi connectivity index (χ0v) is 32.3. The predicted octanol–water partition coefficient (Wildman–Crippen LogP) is 5.42. The first-order chi connectivity index (χ1) is 26.3. The number of alkyl halides is 1. The fourth-order valence-electron chi connectivity index (χ4n) is 9.80. The van der Waals surface area contributed by atoms with Crippen molar-refractivity contribution < 1.29 is 35.9 Å². The number of esters is 1. The number of halogens is 3. The van der Waals surface area contributed by atoms with Gasteiger partial charge in [0.2, 0.25) is 9.84 Å². The summed E-state index contributed by atoms with van der Waals surface area (Å²) in [6, 6.07) is 13.2. The Morgan fingerprint density at radius 2 is 1.69 bits per heavy atom. The fraction of sp³-hybridized carbons (Fsp3) is 0.537. The van der Waals surface area contributed by atoms with Gasteiger partial charge in [-0.15, -0.1) is 0 Å². The third kappa shape index (κ3) is 7.86. The molecule has 4 aliphatic rings. The van der Waals surface area contributed by atoms with E-state index in [4.69, 9.17) is 4.74 Å². The van der Waals surface area contributed by atoms with Crippen molar-refractivity contribution in [1.29, 1.82) is 0 Å². The number of hydrogen-bond donors (Lipinski definition) is 1. The molecule has 1 aromatic heterocycles. The molecule has 55 heavy (non-hydrogen) atoms. The van der Waals surface area contributed by atoms with Gasteiger partial charge in [-0.1, -0.05) is 18.6 Å². The van der Waals surface area contributed by atoms with Gasteiger partial charge in [0.25, 0.3) is 5.91 Å². The van der Waals surface area contributed by atoms with Gasteiger partial charge in [0.1, 0.15) is 17.3 Å². The minimum absolute atomic E-state index is 0.0275. The number of nitrogens with zero attached hydrogens (tertiary/aromatic N) is 4. The first-order valence-corrected chi connectivity index (χ1v) is 20.8. The highest BCUT2D eigenvalue weighted by Gasteiger charge is 2.53. The van der Waals surface area contributed by atoms with Crippen LogP contribution in [0.2, 0.25) is 0 Å². The zero-order chi connectivity index (χ0) is 39.0. The maximum absolute atomic E-state index is 16.3. The van der Waals surface area contributed by atoms with Gasteiger partial charge in [-0.2, -0.15) is 0 Å². The highest BCUT2D eigenvalue weighted by atomic mass is 32.2. The van der Waals surface area contributed by atoms with E-state index in [1.807, 2.05) is 0 Å². The smallest absolute Gasteiger partial charge is 0.305 e. The van der Waals surface area contributed by atoms with Crippen LogP contribution in [0.15, 0.2) is 70.6 Å². The number of amides is 1. The number of aromatic nitrogens is 1. The van der Waals surface area contributed by atoms with Gasteiger partial charge >= 0.3 is 5.97 Å². The van der Waals surface area contributed by atoms with Gasteiger partial charge in [-0.25, -0.2) is 26.6 Å². The number of carbonyl (C=O) groups is 2. The van der Waals surface area contributed by atoms with Crippen molar-refractivity contribution in [3.05, 3.63) is 83.7 Å². The number of likely N-dealkylation sites (tertiary alicyclic amines) is 2. The SMILES string of the molecule is CNC(=O)c1ccc(S(=O)(=O)c2ccc(N3CC(F)(CN4CCC([C@@](CN5CCC5)(c5cccc(F)c5)[C@H]5CCC[C@@H]5CC(=O)OC)CC4)C3)c(F)c2)cn1. The highest BCUT2D eigenvalue weighted by molar-refractivity contribution is 7.91. The second kappa shape index (κ2) is 15.9. The molecule has 3 aliphatic heterocycles. The number of nitrogens with one attached hydrogen (secondary N) is 1. The van der Waals surface area contributed by atoms with E-state index in [9.17, 15) is 18.0 Å². The monoisotopic (exact) mass is 781 g/mol. The lowest BCUT2D eigenvalue weighted by Crippen LogP contribution is -2.65. The third-order valence-corrected chi connectivity index (χ3v) is 14.4. The molecule has 1 aliphatic carbocycles. The van der Waals surface area contributed by atoms with Crippen LogP contribution in [0.3, 0.4) is 0 Å². The van der Waals surface area contributed by atoms with Crippen molar-refractivity contribution in [2.45, 2.75) is 65.8 Å². The predicted molar refractivity (Wildman–Crippen MR) is 201 cm³/mol. The van der Waals surface area contributed by atoms with Crippen LogP contribution in [0.25, 0.3) is 0 Å². The van der Waals surface area contributed by atoms with E-state index in [1.54, 1.807) is 17.0 Å². The van der Waals surface area contributed by atoms with Crippen molar-refractivity contribution in [3.8, 4) is 0 Å². The average Bonchev–Trinajstić information content (AvgIpc) is 3.62. The maximum Gasteiger partial charge on any atom is 0.305 e. The molecule has 0 spiro atoms. The number of pyridine rings is 1. The molecule has 7 rings (SSSR count). The molecule has 2 aromatic carbocycles. The van der Waals surface area contributed by atoms with Crippen LogP contribution in [-0.2, 0) is 24.8 Å². The first-order valence-electron chi connectivity index (χ1n) is 19.3.